The number of benzene rings is 3. The third-order valence-electron chi connectivity index (χ3n) is 5.20. The van der Waals surface area contributed by atoms with E-state index in [1.165, 1.54) is 0 Å². The normalized spacial score (nSPS) is 8.74. The summed E-state index contributed by atoms with van der Waals surface area (Å²) >= 11 is 0. The molecule has 3 aromatic heterocycles. The molecule has 46 heavy (non-hydrogen) atoms. The lowest BCUT2D eigenvalue weighted by Gasteiger charge is -1.97. The first-order chi connectivity index (χ1) is 22.6. The van der Waals surface area contributed by atoms with Crippen LogP contribution >= 0.6 is 0 Å². The van der Waals surface area contributed by atoms with Crippen molar-refractivity contribution >= 4 is 0 Å². The molecule has 0 aliphatic rings. The summed E-state index contributed by atoms with van der Waals surface area (Å²) in [6, 6.07) is 48.3. The standard InChI is InChI=1S/3C11H9N.C4H10.3C2H6/c3*1-2-6-10(7-3-1)11-8-4-5-9-12-11;1-4(2)3;3*1-2/h3*1-9H;4H,1-3H3;3*1-2H3. The van der Waals surface area contributed by atoms with Crippen molar-refractivity contribution in [3.63, 3.8) is 0 Å². The molecule has 3 heteroatoms. The Morgan fingerprint density at radius 1 is 0.304 bits per heavy atom. The van der Waals surface area contributed by atoms with Gasteiger partial charge in [-0.3, -0.25) is 15.0 Å². The number of hydrogen-bond donors (Lipinski definition) is 0. The fraction of sp³-hybridized carbons (Fsp3) is 0.233. The van der Waals surface area contributed by atoms with Crippen LogP contribution < -0.4 is 0 Å². The zero-order valence-corrected chi connectivity index (χ0v) is 29.5. The molecule has 0 amide bonds. The summed E-state index contributed by atoms with van der Waals surface area (Å²) in [5, 5.41) is 0. The Labute approximate surface area is 280 Å². The van der Waals surface area contributed by atoms with Gasteiger partial charge in [0.05, 0.1) is 17.1 Å². The Hall–Kier alpha value is -4.89. The van der Waals surface area contributed by atoms with E-state index in [0.717, 1.165) is 39.7 Å². The van der Waals surface area contributed by atoms with Crippen LogP contribution in [0.15, 0.2) is 164 Å². The van der Waals surface area contributed by atoms with Crippen molar-refractivity contribution in [3.8, 4) is 33.8 Å². The molecule has 0 aliphatic carbocycles. The number of hydrogen-bond acceptors (Lipinski definition) is 3. The Morgan fingerprint density at radius 3 is 0.674 bits per heavy atom. The van der Waals surface area contributed by atoms with Crippen molar-refractivity contribution in [2.75, 3.05) is 0 Å². The first-order valence-corrected chi connectivity index (χ1v) is 16.5. The van der Waals surface area contributed by atoms with Crippen LogP contribution in [0.3, 0.4) is 0 Å². The summed E-state index contributed by atoms with van der Waals surface area (Å²) in [5.41, 5.74) is 6.57. The highest BCUT2D eigenvalue weighted by molar-refractivity contribution is 5.59. The van der Waals surface area contributed by atoms with E-state index >= 15 is 0 Å². The second kappa shape index (κ2) is 28.9. The van der Waals surface area contributed by atoms with Gasteiger partial charge in [-0.05, 0) is 42.3 Å². The van der Waals surface area contributed by atoms with Gasteiger partial charge >= 0.3 is 0 Å². The maximum Gasteiger partial charge on any atom is 0.0701 e. The van der Waals surface area contributed by atoms with Crippen LogP contribution in [0, 0.1) is 5.92 Å². The summed E-state index contributed by atoms with van der Waals surface area (Å²) < 4.78 is 0. The molecule has 0 fully saturated rings. The fourth-order valence-corrected chi connectivity index (χ4v) is 3.43. The molecule has 0 radical (unpaired) electrons. The predicted molar refractivity (Wildman–Crippen MR) is 204 cm³/mol. The van der Waals surface area contributed by atoms with E-state index in [4.69, 9.17) is 0 Å². The van der Waals surface area contributed by atoms with E-state index in [0.29, 0.717) is 0 Å². The van der Waals surface area contributed by atoms with Crippen molar-refractivity contribution in [1.29, 1.82) is 0 Å². The van der Waals surface area contributed by atoms with Crippen LogP contribution in [0.1, 0.15) is 62.3 Å². The van der Waals surface area contributed by atoms with Gasteiger partial charge in [-0.2, -0.15) is 0 Å². The highest BCUT2D eigenvalue weighted by atomic mass is 14.7. The van der Waals surface area contributed by atoms with E-state index in [-0.39, 0.29) is 0 Å². The maximum atomic E-state index is 4.25. The first-order valence-electron chi connectivity index (χ1n) is 16.5. The molecular formula is C43H55N3. The van der Waals surface area contributed by atoms with Gasteiger partial charge < -0.3 is 0 Å². The SMILES string of the molecule is CC.CC.CC.CC(C)C.c1ccc(-c2ccccn2)cc1.c1ccc(-c2ccccn2)cc1.c1ccc(-c2ccccn2)cc1. The van der Waals surface area contributed by atoms with Crippen LogP contribution in [0.25, 0.3) is 33.8 Å². The second-order valence-electron chi connectivity index (χ2n) is 9.48. The summed E-state index contributed by atoms with van der Waals surface area (Å²) in [7, 11) is 0. The van der Waals surface area contributed by atoms with Crippen LogP contribution in [0.4, 0.5) is 0 Å². The molecule has 0 atom stereocenters. The van der Waals surface area contributed by atoms with Crippen molar-refractivity contribution in [1.82, 2.24) is 15.0 Å². The maximum absolute atomic E-state index is 4.25. The fourth-order valence-electron chi connectivity index (χ4n) is 3.43. The smallest absolute Gasteiger partial charge is 0.0701 e. The highest BCUT2D eigenvalue weighted by Gasteiger charge is 1.95. The molecule has 0 spiro atoms. The summed E-state index contributed by atoms with van der Waals surface area (Å²) in [6.07, 6.45) is 5.42. The molecule has 0 N–H and O–H groups in total. The van der Waals surface area contributed by atoms with Gasteiger partial charge in [-0.1, -0.05) is 172 Å². The lowest BCUT2D eigenvalue weighted by atomic mass is 10.1. The Balaban J connectivity index is 0.000000579. The van der Waals surface area contributed by atoms with Gasteiger partial charge in [-0.15, -0.1) is 0 Å². The van der Waals surface area contributed by atoms with E-state index in [1.54, 1.807) is 0 Å². The Kier molecular flexibility index (Phi) is 25.8. The summed E-state index contributed by atoms with van der Waals surface area (Å²) in [6.45, 7) is 18.5. The number of aromatic nitrogens is 3. The van der Waals surface area contributed by atoms with Gasteiger partial charge in [0.2, 0.25) is 0 Å². The molecule has 6 aromatic rings. The summed E-state index contributed by atoms with van der Waals surface area (Å²) in [5.74, 6) is 0.833. The largest absolute Gasteiger partial charge is 0.256 e. The third-order valence-corrected chi connectivity index (χ3v) is 5.20. The topological polar surface area (TPSA) is 38.7 Å². The average molecular weight is 614 g/mol. The van der Waals surface area contributed by atoms with Gasteiger partial charge in [0, 0.05) is 35.3 Å². The molecule has 242 valence electrons. The molecule has 3 nitrogen and oxygen atoms in total. The average Bonchev–Trinajstić information content (AvgIpc) is 3.17. The van der Waals surface area contributed by atoms with Gasteiger partial charge in [0.25, 0.3) is 0 Å². The highest BCUT2D eigenvalue weighted by Crippen LogP contribution is 2.16. The first kappa shape index (κ1) is 41.1. The van der Waals surface area contributed by atoms with Crippen LogP contribution in [-0.2, 0) is 0 Å². The molecule has 0 saturated heterocycles. The molecule has 3 heterocycles. The minimum atomic E-state index is 0.833. The lowest BCUT2D eigenvalue weighted by molar-refractivity contribution is 0.737. The van der Waals surface area contributed by atoms with Crippen molar-refractivity contribution in [3.05, 3.63) is 164 Å². The summed E-state index contributed by atoms with van der Waals surface area (Å²) in [4.78, 5) is 12.7. The van der Waals surface area contributed by atoms with E-state index in [9.17, 15) is 0 Å². The van der Waals surface area contributed by atoms with Crippen molar-refractivity contribution in [2.24, 2.45) is 5.92 Å². The molecule has 3 aromatic carbocycles. The molecule has 0 unspecified atom stereocenters. The van der Waals surface area contributed by atoms with Crippen molar-refractivity contribution in [2.45, 2.75) is 62.3 Å². The molecular weight excluding hydrogens is 558 g/mol. The van der Waals surface area contributed by atoms with Crippen LogP contribution in [-0.4, -0.2) is 15.0 Å². The van der Waals surface area contributed by atoms with E-state index in [1.807, 2.05) is 169 Å². The molecule has 6 rings (SSSR count). The minimum absolute atomic E-state index is 0.833. The number of nitrogens with zero attached hydrogens (tertiary/aromatic N) is 3. The van der Waals surface area contributed by atoms with Crippen molar-refractivity contribution < 1.29 is 0 Å². The Bertz CT molecular complexity index is 1130. The zero-order valence-electron chi connectivity index (χ0n) is 29.5. The molecule has 0 aliphatic heterocycles. The van der Waals surface area contributed by atoms with Gasteiger partial charge in [0.15, 0.2) is 0 Å². The second-order valence-corrected chi connectivity index (χ2v) is 9.48. The third kappa shape index (κ3) is 18.7. The molecule has 0 bridgehead atoms. The van der Waals surface area contributed by atoms with Gasteiger partial charge in [-0.25, -0.2) is 0 Å². The van der Waals surface area contributed by atoms with Crippen LogP contribution in [0.2, 0.25) is 0 Å². The monoisotopic (exact) mass is 613 g/mol. The Morgan fingerprint density at radius 2 is 0.500 bits per heavy atom. The van der Waals surface area contributed by atoms with E-state index < -0.39 is 0 Å². The molecule has 0 saturated carbocycles. The van der Waals surface area contributed by atoms with Crippen LogP contribution in [0.5, 0.6) is 0 Å². The van der Waals surface area contributed by atoms with Gasteiger partial charge in [0.1, 0.15) is 0 Å². The predicted octanol–water partition coefficient (Wildman–Crippen LogP) is 13.0. The lowest BCUT2D eigenvalue weighted by Crippen LogP contribution is -1.79. The number of rotatable bonds is 3. The quantitative estimate of drug-likeness (QED) is 0.199. The van der Waals surface area contributed by atoms with E-state index in [2.05, 4.69) is 72.1 Å². The minimum Gasteiger partial charge on any atom is -0.256 e. The number of pyridine rings is 3. The zero-order chi connectivity index (χ0) is 34.3.